The highest BCUT2D eigenvalue weighted by atomic mass is 16.5. The third-order valence-electron chi connectivity index (χ3n) is 4.79. The molecule has 1 aliphatic heterocycles. The lowest BCUT2D eigenvalue weighted by Gasteiger charge is -2.16. The van der Waals surface area contributed by atoms with Crippen molar-refractivity contribution in [2.75, 3.05) is 0 Å². The van der Waals surface area contributed by atoms with Crippen LogP contribution in [0.25, 0.3) is 11.5 Å². The van der Waals surface area contributed by atoms with Crippen molar-refractivity contribution in [2.45, 2.75) is 20.0 Å². The lowest BCUT2D eigenvalue weighted by molar-refractivity contribution is 0.0707. The number of hydrogen-bond acceptors (Lipinski definition) is 4. The van der Waals surface area contributed by atoms with E-state index < -0.39 is 0 Å². The summed E-state index contributed by atoms with van der Waals surface area (Å²) in [7, 11) is 0. The largest absolute Gasteiger partial charge is 0.351 e. The number of amides is 1. The van der Waals surface area contributed by atoms with Gasteiger partial charge in [0.25, 0.3) is 5.91 Å². The molecule has 3 aromatic heterocycles. The summed E-state index contributed by atoms with van der Waals surface area (Å²) in [5.74, 6) is 1.02. The molecule has 0 saturated carbocycles. The molecule has 4 aromatic rings. The van der Waals surface area contributed by atoms with Gasteiger partial charge in [-0.1, -0.05) is 22.9 Å². The molecule has 7 nitrogen and oxygen atoms in total. The summed E-state index contributed by atoms with van der Waals surface area (Å²) >= 11 is 0. The smallest absolute Gasteiger partial charge is 0.293 e. The van der Waals surface area contributed by atoms with Gasteiger partial charge in [-0.05, 0) is 31.2 Å². The first-order valence-corrected chi connectivity index (χ1v) is 8.72. The summed E-state index contributed by atoms with van der Waals surface area (Å²) in [6.07, 6.45) is 5.46. The summed E-state index contributed by atoms with van der Waals surface area (Å²) in [4.78, 5) is 14.3. The number of nitrogens with zero attached hydrogens (tertiary/aromatic N) is 5. The Morgan fingerprint density at radius 3 is 2.56 bits per heavy atom. The van der Waals surface area contributed by atoms with E-state index in [1.165, 1.54) is 11.8 Å². The van der Waals surface area contributed by atoms with Crippen molar-refractivity contribution in [1.82, 2.24) is 24.4 Å². The predicted molar refractivity (Wildman–Crippen MR) is 97.7 cm³/mol. The standard InChI is InChI=1S/C20H17N5O2/c1-14-4-6-15(7-5-14)25-19(23-10-2-3-11-23)16-12-24(13-17(16)22-25)20(26)18-8-9-21-27-18/h2-11H,12-13H2,1H3. The van der Waals surface area contributed by atoms with Crippen molar-refractivity contribution in [3.05, 3.63) is 83.6 Å². The lowest BCUT2D eigenvalue weighted by atomic mass is 10.2. The van der Waals surface area contributed by atoms with Crippen LogP contribution >= 0.6 is 0 Å². The third-order valence-corrected chi connectivity index (χ3v) is 4.79. The molecule has 0 radical (unpaired) electrons. The van der Waals surface area contributed by atoms with E-state index in [2.05, 4.69) is 36.3 Å². The molecular weight excluding hydrogens is 342 g/mol. The molecule has 0 spiro atoms. The van der Waals surface area contributed by atoms with Crippen molar-refractivity contribution in [1.29, 1.82) is 0 Å². The van der Waals surface area contributed by atoms with Crippen LogP contribution in [0.5, 0.6) is 0 Å². The molecule has 4 heterocycles. The van der Waals surface area contributed by atoms with E-state index in [0.29, 0.717) is 13.1 Å². The Kier molecular flexibility index (Phi) is 3.46. The van der Waals surface area contributed by atoms with Crippen molar-refractivity contribution in [3.63, 3.8) is 0 Å². The molecule has 7 heteroatoms. The molecule has 1 amide bonds. The van der Waals surface area contributed by atoms with Gasteiger partial charge in [0, 0.05) is 24.0 Å². The highest BCUT2D eigenvalue weighted by Gasteiger charge is 2.32. The molecule has 0 N–H and O–H groups in total. The highest BCUT2D eigenvalue weighted by molar-refractivity contribution is 5.91. The Morgan fingerprint density at radius 1 is 1.07 bits per heavy atom. The van der Waals surface area contributed by atoms with Gasteiger partial charge in [-0.3, -0.25) is 4.79 Å². The molecule has 1 aliphatic rings. The van der Waals surface area contributed by atoms with Gasteiger partial charge < -0.3 is 14.0 Å². The van der Waals surface area contributed by atoms with Crippen molar-refractivity contribution in [2.24, 2.45) is 0 Å². The van der Waals surface area contributed by atoms with Crippen molar-refractivity contribution in [3.8, 4) is 11.5 Å². The van der Waals surface area contributed by atoms with Crippen LogP contribution in [-0.4, -0.2) is 30.3 Å². The molecule has 0 atom stereocenters. The number of fused-ring (bicyclic) bond motifs is 1. The minimum Gasteiger partial charge on any atom is -0.351 e. The molecule has 0 bridgehead atoms. The maximum Gasteiger partial charge on any atom is 0.293 e. The second-order valence-corrected chi connectivity index (χ2v) is 6.62. The van der Waals surface area contributed by atoms with E-state index in [1.54, 1.807) is 11.0 Å². The number of hydrogen-bond donors (Lipinski definition) is 0. The first-order chi connectivity index (χ1) is 13.2. The molecule has 0 unspecified atom stereocenters. The van der Waals surface area contributed by atoms with E-state index in [-0.39, 0.29) is 11.7 Å². The van der Waals surface area contributed by atoms with Gasteiger partial charge in [0.15, 0.2) is 0 Å². The summed E-state index contributed by atoms with van der Waals surface area (Å²) in [5, 5.41) is 8.44. The molecule has 0 aliphatic carbocycles. The molecule has 5 rings (SSSR count). The predicted octanol–water partition coefficient (Wildman–Crippen LogP) is 3.12. The van der Waals surface area contributed by atoms with Gasteiger partial charge in [-0.15, -0.1) is 0 Å². The molecule has 134 valence electrons. The van der Waals surface area contributed by atoms with E-state index in [4.69, 9.17) is 9.62 Å². The second kappa shape index (κ2) is 5.98. The zero-order chi connectivity index (χ0) is 18.4. The Balaban J connectivity index is 1.57. The van der Waals surface area contributed by atoms with Crippen LogP contribution in [0, 0.1) is 6.92 Å². The van der Waals surface area contributed by atoms with Gasteiger partial charge in [0.05, 0.1) is 30.7 Å². The number of aryl methyl sites for hydroxylation is 1. The van der Waals surface area contributed by atoms with Gasteiger partial charge in [0.1, 0.15) is 5.82 Å². The van der Waals surface area contributed by atoms with Crippen LogP contribution in [0.4, 0.5) is 0 Å². The van der Waals surface area contributed by atoms with Crippen molar-refractivity contribution < 1.29 is 9.32 Å². The maximum absolute atomic E-state index is 12.6. The van der Waals surface area contributed by atoms with Gasteiger partial charge in [-0.2, -0.15) is 5.10 Å². The minimum absolute atomic E-state index is 0.175. The van der Waals surface area contributed by atoms with Crippen molar-refractivity contribution >= 4 is 5.91 Å². The lowest BCUT2D eigenvalue weighted by Crippen LogP contribution is -2.26. The number of aromatic nitrogens is 4. The van der Waals surface area contributed by atoms with Crippen LogP contribution in [0.15, 0.2) is 65.6 Å². The summed E-state index contributed by atoms with van der Waals surface area (Å²) in [6.45, 7) is 2.99. The average Bonchev–Trinajstić information content (AvgIpc) is 3.44. The van der Waals surface area contributed by atoms with E-state index in [1.807, 2.05) is 33.8 Å². The first kappa shape index (κ1) is 15.6. The molecular formula is C20H17N5O2. The summed E-state index contributed by atoms with van der Waals surface area (Å²) < 4.78 is 9.00. The van der Waals surface area contributed by atoms with Crippen LogP contribution in [0.3, 0.4) is 0 Å². The Hall–Kier alpha value is -3.61. The molecule has 0 saturated heterocycles. The van der Waals surface area contributed by atoms with Gasteiger partial charge in [0.2, 0.25) is 5.76 Å². The first-order valence-electron chi connectivity index (χ1n) is 8.72. The topological polar surface area (TPSA) is 69.1 Å². The SMILES string of the molecule is Cc1ccc(-n2nc3c(c2-n2cccc2)CN(C(=O)c2ccno2)C3)cc1. The normalized spacial score (nSPS) is 13.1. The average molecular weight is 359 g/mol. The summed E-state index contributed by atoms with van der Waals surface area (Å²) in [6, 6.07) is 13.8. The number of carbonyl (C=O) groups is 1. The molecule has 27 heavy (non-hydrogen) atoms. The highest BCUT2D eigenvalue weighted by Crippen LogP contribution is 2.31. The van der Waals surface area contributed by atoms with E-state index >= 15 is 0 Å². The van der Waals surface area contributed by atoms with E-state index in [9.17, 15) is 4.79 Å². The fourth-order valence-electron chi connectivity index (χ4n) is 3.43. The summed E-state index contributed by atoms with van der Waals surface area (Å²) in [5.41, 5.74) is 4.13. The van der Waals surface area contributed by atoms with Crippen LogP contribution in [0.2, 0.25) is 0 Å². The Morgan fingerprint density at radius 2 is 1.85 bits per heavy atom. The minimum atomic E-state index is -0.175. The molecule has 0 fully saturated rings. The maximum atomic E-state index is 12.6. The third kappa shape index (κ3) is 2.55. The van der Waals surface area contributed by atoms with Gasteiger partial charge in [-0.25, -0.2) is 4.68 Å². The zero-order valence-corrected chi connectivity index (χ0v) is 14.7. The monoisotopic (exact) mass is 359 g/mol. The van der Waals surface area contributed by atoms with E-state index in [0.717, 1.165) is 22.8 Å². The van der Waals surface area contributed by atoms with Crippen LogP contribution in [0.1, 0.15) is 27.4 Å². The fraction of sp³-hybridized carbons (Fsp3) is 0.150. The quantitative estimate of drug-likeness (QED) is 0.564. The number of carbonyl (C=O) groups excluding carboxylic acids is 1. The Labute approximate surface area is 155 Å². The Bertz CT molecular complexity index is 1090. The molecule has 1 aromatic carbocycles. The number of rotatable bonds is 3. The fourth-order valence-corrected chi connectivity index (χ4v) is 3.43. The number of benzene rings is 1. The zero-order valence-electron chi connectivity index (χ0n) is 14.7. The van der Waals surface area contributed by atoms with Crippen LogP contribution < -0.4 is 0 Å². The van der Waals surface area contributed by atoms with Gasteiger partial charge >= 0.3 is 0 Å². The second-order valence-electron chi connectivity index (χ2n) is 6.62. The van der Waals surface area contributed by atoms with Crippen LogP contribution in [-0.2, 0) is 13.1 Å².